The first kappa shape index (κ1) is 16.0. The van der Waals surface area contributed by atoms with Gasteiger partial charge in [-0.15, -0.1) is 0 Å². The summed E-state index contributed by atoms with van der Waals surface area (Å²) in [5.74, 6) is 0.253. The van der Waals surface area contributed by atoms with E-state index in [1.807, 2.05) is 25.7 Å². The number of hydrogen-bond acceptors (Lipinski definition) is 2. The van der Waals surface area contributed by atoms with Crippen LogP contribution in [-0.2, 0) is 9.59 Å². The number of carbonyl (C=O) groups excluding carboxylic acids is 2. The molecule has 19 heavy (non-hydrogen) atoms. The van der Waals surface area contributed by atoms with E-state index >= 15 is 0 Å². The van der Waals surface area contributed by atoms with Crippen LogP contribution in [0, 0.1) is 5.92 Å². The summed E-state index contributed by atoms with van der Waals surface area (Å²) in [6, 6.07) is -0.510. The number of nitrogens with one attached hydrogen (secondary N) is 1. The van der Waals surface area contributed by atoms with Crippen LogP contribution < -0.4 is 5.32 Å². The molecule has 0 aromatic carbocycles. The second kappa shape index (κ2) is 6.92. The maximum Gasteiger partial charge on any atom is 0.246 e. The molecule has 0 bridgehead atoms. The molecule has 1 aliphatic heterocycles. The Bertz CT molecular complexity index is 328. The molecule has 1 N–H and O–H groups in total. The zero-order valence-electron chi connectivity index (χ0n) is 12.9. The van der Waals surface area contributed by atoms with E-state index in [1.54, 1.807) is 0 Å². The minimum absolute atomic E-state index is 0.0102. The van der Waals surface area contributed by atoms with Crippen molar-refractivity contribution in [3.8, 4) is 0 Å². The van der Waals surface area contributed by atoms with Gasteiger partial charge in [0.25, 0.3) is 0 Å². The second-order valence-electron chi connectivity index (χ2n) is 5.92. The molecule has 0 aliphatic carbocycles. The van der Waals surface area contributed by atoms with Gasteiger partial charge in [0.15, 0.2) is 0 Å². The predicted octanol–water partition coefficient (Wildman–Crippen LogP) is 2.33. The molecule has 1 fully saturated rings. The van der Waals surface area contributed by atoms with Gasteiger partial charge in [-0.25, -0.2) is 0 Å². The summed E-state index contributed by atoms with van der Waals surface area (Å²) < 4.78 is 0. The van der Waals surface area contributed by atoms with Gasteiger partial charge in [0.05, 0.1) is 0 Å². The number of amides is 2. The zero-order chi connectivity index (χ0) is 14.6. The lowest BCUT2D eigenvalue weighted by molar-refractivity contribution is -0.154. The van der Waals surface area contributed by atoms with Gasteiger partial charge in [0.1, 0.15) is 12.1 Å². The number of carbonyl (C=O) groups is 2. The molecule has 1 heterocycles. The molecule has 3 atom stereocenters. The third kappa shape index (κ3) is 3.48. The van der Waals surface area contributed by atoms with Crippen LogP contribution in [0.2, 0.25) is 0 Å². The Morgan fingerprint density at radius 1 is 1.16 bits per heavy atom. The highest BCUT2D eigenvalue weighted by Gasteiger charge is 2.43. The van der Waals surface area contributed by atoms with E-state index in [9.17, 15) is 9.59 Å². The number of rotatable bonds is 6. The molecule has 0 spiro atoms. The van der Waals surface area contributed by atoms with Crippen molar-refractivity contribution < 1.29 is 9.59 Å². The predicted molar refractivity (Wildman–Crippen MR) is 76.7 cm³/mol. The summed E-state index contributed by atoms with van der Waals surface area (Å²) in [4.78, 5) is 26.7. The van der Waals surface area contributed by atoms with Gasteiger partial charge in [-0.3, -0.25) is 9.59 Å². The largest absolute Gasteiger partial charge is 0.342 e. The average molecular weight is 268 g/mol. The molecule has 2 amide bonds. The van der Waals surface area contributed by atoms with Gasteiger partial charge < -0.3 is 10.2 Å². The molecule has 1 rings (SSSR count). The molecule has 4 heteroatoms. The van der Waals surface area contributed by atoms with E-state index in [0.29, 0.717) is 0 Å². The smallest absolute Gasteiger partial charge is 0.246 e. The summed E-state index contributed by atoms with van der Waals surface area (Å²) in [6.45, 7) is 10.2. The molecule has 0 radical (unpaired) electrons. The maximum absolute atomic E-state index is 12.6. The van der Waals surface area contributed by atoms with Crippen molar-refractivity contribution in [2.24, 2.45) is 5.92 Å². The first-order chi connectivity index (χ1) is 8.93. The average Bonchev–Trinajstić information content (AvgIpc) is 2.32. The van der Waals surface area contributed by atoms with E-state index < -0.39 is 0 Å². The molecule has 4 nitrogen and oxygen atoms in total. The van der Waals surface area contributed by atoms with Crippen molar-refractivity contribution in [3.63, 3.8) is 0 Å². The summed E-state index contributed by atoms with van der Waals surface area (Å²) in [5, 5.41) is 2.90. The number of hydrogen-bond donors (Lipinski definition) is 1. The van der Waals surface area contributed by atoms with Crippen molar-refractivity contribution in [2.45, 2.75) is 78.4 Å². The van der Waals surface area contributed by atoms with Crippen LogP contribution >= 0.6 is 0 Å². The van der Waals surface area contributed by atoms with E-state index in [1.165, 1.54) is 0 Å². The highest BCUT2D eigenvalue weighted by atomic mass is 16.2. The highest BCUT2D eigenvalue weighted by Crippen LogP contribution is 2.23. The highest BCUT2D eigenvalue weighted by molar-refractivity contribution is 5.97. The van der Waals surface area contributed by atoms with Crippen LogP contribution in [-0.4, -0.2) is 34.8 Å². The molecule has 3 unspecified atom stereocenters. The van der Waals surface area contributed by atoms with E-state index in [0.717, 1.165) is 25.7 Å². The molecular weight excluding hydrogens is 240 g/mol. The van der Waals surface area contributed by atoms with Crippen LogP contribution in [0.1, 0.15) is 60.3 Å². The van der Waals surface area contributed by atoms with E-state index in [-0.39, 0.29) is 35.9 Å². The standard InChI is InChI=1S/C15H28N2O2/c1-6-8-11(5)17-13(10(3)4)14(18)16-12(9-7-2)15(17)19/h10-13H,6-9H2,1-5H3,(H,16,18). The number of nitrogens with zero attached hydrogens (tertiary/aromatic N) is 1. The Kier molecular flexibility index (Phi) is 5.83. The Morgan fingerprint density at radius 3 is 2.26 bits per heavy atom. The lowest BCUT2D eigenvalue weighted by Gasteiger charge is -2.44. The topological polar surface area (TPSA) is 49.4 Å². The zero-order valence-corrected chi connectivity index (χ0v) is 12.9. The van der Waals surface area contributed by atoms with E-state index in [2.05, 4.69) is 19.2 Å². The molecule has 110 valence electrons. The Balaban J connectivity index is 2.99. The Labute approximate surface area is 116 Å². The van der Waals surface area contributed by atoms with Crippen LogP contribution in [0.4, 0.5) is 0 Å². The van der Waals surface area contributed by atoms with Crippen LogP contribution in [0.5, 0.6) is 0 Å². The first-order valence-corrected chi connectivity index (χ1v) is 7.56. The third-order valence-electron chi connectivity index (χ3n) is 3.83. The summed E-state index contributed by atoms with van der Waals surface area (Å²) >= 11 is 0. The van der Waals surface area contributed by atoms with Gasteiger partial charge >= 0.3 is 0 Å². The fourth-order valence-corrected chi connectivity index (χ4v) is 2.92. The molecule has 0 saturated carbocycles. The Morgan fingerprint density at radius 2 is 1.79 bits per heavy atom. The van der Waals surface area contributed by atoms with E-state index in [4.69, 9.17) is 0 Å². The molecule has 1 saturated heterocycles. The molecule has 0 aromatic rings. The minimum Gasteiger partial charge on any atom is -0.342 e. The summed E-state index contributed by atoms with van der Waals surface area (Å²) in [6.07, 6.45) is 3.60. The SMILES string of the molecule is CCCC1NC(=O)C(C(C)C)N(C(C)CCC)C1=O. The third-order valence-corrected chi connectivity index (χ3v) is 3.83. The van der Waals surface area contributed by atoms with Crippen molar-refractivity contribution >= 4 is 11.8 Å². The lowest BCUT2D eigenvalue weighted by atomic mass is 9.93. The van der Waals surface area contributed by atoms with Crippen LogP contribution in [0.15, 0.2) is 0 Å². The van der Waals surface area contributed by atoms with Crippen LogP contribution in [0.25, 0.3) is 0 Å². The lowest BCUT2D eigenvalue weighted by Crippen LogP contribution is -2.66. The van der Waals surface area contributed by atoms with Gasteiger partial charge in [-0.05, 0) is 25.7 Å². The normalized spacial score (nSPS) is 25.7. The summed E-state index contributed by atoms with van der Waals surface area (Å²) in [5.41, 5.74) is 0. The molecule has 1 aliphatic rings. The van der Waals surface area contributed by atoms with Crippen molar-refractivity contribution in [3.05, 3.63) is 0 Å². The van der Waals surface area contributed by atoms with Crippen molar-refractivity contribution in [2.75, 3.05) is 0 Å². The number of piperazine rings is 1. The molecule has 0 aromatic heterocycles. The first-order valence-electron chi connectivity index (χ1n) is 7.56. The molecular formula is C15H28N2O2. The fourth-order valence-electron chi connectivity index (χ4n) is 2.92. The van der Waals surface area contributed by atoms with Gasteiger partial charge in [-0.2, -0.15) is 0 Å². The monoisotopic (exact) mass is 268 g/mol. The van der Waals surface area contributed by atoms with Crippen LogP contribution in [0.3, 0.4) is 0 Å². The maximum atomic E-state index is 12.6. The summed E-state index contributed by atoms with van der Waals surface area (Å²) in [7, 11) is 0. The van der Waals surface area contributed by atoms with Gasteiger partial charge in [0, 0.05) is 6.04 Å². The Hall–Kier alpha value is -1.06. The van der Waals surface area contributed by atoms with Crippen molar-refractivity contribution in [1.29, 1.82) is 0 Å². The fraction of sp³-hybridized carbons (Fsp3) is 0.867. The van der Waals surface area contributed by atoms with Crippen molar-refractivity contribution in [1.82, 2.24) is 10.2 Å². The minimum atomic E-state index is -0.327. The van der Waals surface area contributed by atoms with Gasteiger partial charge in [0.2, 0.25) is 11.8 Å². The quantitative estimate of drug-likeness (QED) is 0.803. The second-order valence-corrected chi connectivity index (χ2v) is 5.92. The van der Waals surface area contributed by atoms with Gasteiger partial charge in [-0.1, -0.05) is 40.5 Å².